The molecule has 3 N–H and O–H groups in total. The van der Waals surface area contributed by atoms with E-state index in [0.717, 1.165) is 24.2 Å². The van der Waals surface area contributed by atoms with Gasteiger partial charge in [0.05, 0.1) is 0 Å². The fourth-order valence-electron chi connectivity index (χ4n) is 5.08. The van der Waals surface area contributed by atoms with Crippen molar-refractivity contribution in [2.24, 2.45) is 0 Å². The van der Waals surface area contributed by atoms with Gasteiger partial charge in [-0.2, -0.15) is 0 Å². The number of rotatable bonds is 4. The zero-order chi connectivity index (χ0) is 19.3. The maximum absolute atomic E-state index is 12.7. The topological polar surface area (TPSA) is 90.5 Å². The summed E-state index contributed by atoms with van der Waals surface area (Å²) >= 11 is 0. The number of fused-ring (bicyclic) bond motifs is 1. The number of carbonyl (C=O) groups excluding carboxylic acids is 3. The van der Waals surface area contributed by atoms with E-state index in [0.29, 0.717) is 30.1 Å². The number of benzene rings is 1. The molecule has 0 radical (unpaired) electrons. The number of hydrogen-bond donors (Lipinski definition) is 3. The first-order valence-electron chi connectivity index (χ1n) is 10.3. The van der Waals surface area contributed by atoms with E-state index < -0.39 is 6.04 Å². The van der Waals surface area contributed by atoms with Crippen molar-refractivity contribution in [2.75, 3.05) is 6.54 Å². The number of amides is 3. The second-order valence-corrected chi connectivity index (χ2v) is 8.69. The van der Waals surface area contributed by atoms with Crippen LogP contribution in [0.1, 0.15) is 60.0 Å². The van der Waals surface area contributed by atoms with E-state index in [1.54, 1.807) is 4.90 Å². The smallest absolute Gasteiger partial charge is 0.255 e. The van der Waals surface area contributed by atoms with Crippen LogP contribution in [0.2, 0.25) is 0 Å². The average Bonchev–Trinajstić information content (AvgIpc) is 3.22. The molecule has 3 amide bonds. The molecule has 148 valence electrons. The predicted molar refractivity (Wildman–Crippen MR) is 102 cm³/mol. The van der Waals surface area contributed by atoms with Crippen LogP contribution in [-0.2, 0) is 22.7 Å². The number of nitrogens with one attached hydrogen (secondary N) is 3. The summed E-state index contributed by atoms with van der Waals surface area (Å²) in [6.45, 7) is 2.23. The highest BCUT2D eigenvalue weighted by Gasteiger charge is 2.43. The van der Waals surface area contributed by atoms with E-state index in [1.807, 2.05) is 12.1 Å². The van der Waals surface area contributed by atoms with Gasteiger partial charge in [-0.15, -0.1) is 0 Å². The standard InChI is InChI=1S/C21H26N4O3/c26-18-5-4-17(19(27)24-18)25-12-14-8-13(2-3-16(14)20(25)28)10-22-15-9-21(23-11-15)6-1-7-21/h2-3,8,15,17,22-23H,1,4-7,9-12H2,(H,24,26,27). The highest BCUT2D eigenvalue weighted by molar-refractivity contribution is 6.05. The Kier molecular flexibility index (Phi) is 4.25. The Bertz CT molecular complexity index is 848. The summed E-state index contributed by atoms with van der Waals surface area (Å²) in [7, 11) is 0. The van der Waals surface area contributed by atoms with Gasteiger partial charge in [-0.05, 0) is 49.3 Å². The zero-order valence-corrected chi connectivity index (χ0v) is 15.9. The van der Waals surface area contributed by atoms with Crippen LogP contribution in [0.25, 0.3) is 0 Å². The number of hydrogen-bond acceptors (Lipinski definition) is 5. The molecule has 1 saturated carbocycles. The SMILES string of the molecule is O=C1CCC(N2Cc3cc(CNC4CNC5(CCC5)C4)ccc3C2=O)C(=O)N1. The molecule has 3 heterocycles. The molecule has 1 aliphatic carbocycles. The summed E-state index contributed by atoms with van der Waals surface area (Å²) in [6, 6.07) is 5.89. The van der Waals surface area contributed by atoms with E-state index >= 15 is 0 Å². The minimum absolute atomic E-state index is 0.115. The van der Waals surface area contributed by atoms with Crippen LogP contribution in [0.5, 0.6) is 0 Å². The molecule has 28 heavy (non-hydrogen) atoms. The molecule has 1 spiro atoms. The Morgan fingerprint density at radius 2 is 2.07 bits per heavy atom. The number of piperidine rings is 1. The summed E-state index contributed by atoms with van der Waals surface area (Å²) in [4.78, 5) is 37.9. The molecular weight excluding hydrogens is 356 g/mol. The van der Waals surface area contributed by atoms with E-state index in [2.05, 4.69) is 22.0 Å². The third kappa shape index (κ3) is 3.02. The van der Waals surface area contributed by atoms with Gasteiger partial charge in [0.25, 0.3) is 5.91 Å². The fraction of sp³-hybridized carbons (Fsp3) is 0.571. The van der Waals surface area contributed by atoms with Gasteiger partial charge in [-0.3, -0.25) is 19.7 Å². The minimum atomic E-state index is -0.553. The number of nitrogens with zero attached hydrogens (tertiary/aromatic N) is 1. The minimum Gasteiger partial charge on any atom is -0.322 e. The van der Waals surface area contributed by atoms with Crippen molar-refractivity contribution in [2.45, 2.75) is 69.2 Å². The van der Waals surface area contributed by atoms with E-state index in [4.69, 9.17) is 0 Å². The second-order valence-electron chi connectivity index (χ2n) is 8.69. The highest BCUT2D eigenvalue weighted by Crippen LogP contribution is 2.38. The van der Waals surface area contributed by atoms with Crippen molar-refractivity contribution in [3.05, 3.63) is 34.9 Å². The van der Waals surface area contributed by atoms with Gasteiger partial charge < -0.3 is 15.5 Å². The lowest BCUT2D eigenvalue weighted by atomic mass is 9.75. The van der Waals surface area contributed by atoms with Gasteiger partial charge in [-0.1, -0.05) is 12.1 Å². The molecule has 7 nitrogen and oxygen atoms in total. The van der Waals surface area contributed by atoms with Crippen molar-refractivity contribution in [1.82, 2.24) is 20.9 Å². The Labute approximate surface area is 164 Å². The maximum atomic E-state index is 12.7. The quantitative estimate of drug-likeness (QED) is 0.671. The van der Waals surface area contributed by atoms with Gasteiger partial charge >= 0.3 is 0 Å². The summed E-state index contributed by atoms with van der Waals surface area (Å²) in [5.74, 6) is -0.738. The summed E-state index contributed by atoms with van der Waals surface area (Å²) in [6.07, 6.45) is 5.80. The summed E-state index contributed by atoms with van der Waals surface area (Å²) in [5, 5.41) is 9.67. The van der Waals surface area contributed by atoms with Gasteiger partial charge in [0.15, 0.2) is 0 Å². The third-order valence-electron chi connectivity index (χ3n) is 6.85. The van der Waals surface area contributed by atoms with Crippen LogP contribution in [0.3, 0.4) is 0 Å². The van der Waals surface area contributed by atoms with Gasteiger partial charge in [-0.25, -0.2) is 0 Å². The van der Waals surface area contributed by atoms with Crippen molar-refractivity contribution in [1.29, 1.82) is 0 Å². The van der Waals surface area contributed by atoms with Crippen LogP contribution >= 0.6 is 0 Å². The zero-order valence-electron chi connectivity index (χ0n) is 15.9. The maximum Gasteiger partial charge on any atom is 0.255 e. The molecule has 0 aromatic heterocycles. The van der Waals surface area contributed by atoms with Crippen molar-refractivity contribution in [3.8, 4) is 0 Å². The van der Waals surface area contributed by atoms with Gasteiger partial charge in [0, 0.05) is 43.2 Å². The van der Waals surface area contributed by atoms with Crippen LogP contribution in [-0.4, -0.2) is 46.8 Å². The molecule has 1 aromatic carbocycles. The molecule has 2 unspecified atom stereocenters. The van der Waals surface area contributed by atoms with Crippen LogP contribution < -0.4 is 16.0 Å². The number of imide groups is 1. The van der Waals surface area contributed by atoms with E-state index in [9.17, 15) is 14.4 Å². The summed E-state index contributed by atoms with van der Waals surface area (Å²) < 4.78 is 0. The van der Waals surface area contributed by atoms with E-state index in [1.165, 1.54) is 25.7 Å². The molecule has 2 atom stereocenters. The first-order valence-corrected chi connectivity index (χ1v) is 10.3. The molecule has 5 rings (SSSR count). The second kappa shape index (κ2) is 6.67. The first-order chi connectivity index (χ1) is 13.5. The predicted octanol–water partition coefficient (Wildman–Crippen LogP) is 0.822. The van der Waals surface area contributed by atoms with Crippen LogP contribution in [0.4, 0.5) is 0 Å². The van der Waals surface area contributed by atoms with Crippen LogP contribution in [0.15, 0.2) is 18.2 Å². The third-order valence-corrected chi connectivity index (χ3v) is 6.85. The molecule has 2 saturated heterocycles. The van der Waals surface area contributed by atoms with Crippen molar-refractivity contribution >= 4 is 17.7 Å². The van der Waals surface area contributed by atoms with Crippen molar-refractivity contribution < 1.29 is 14.4 Å². The fourth-order valence-corrected chi connectivity index (χ4v) is 5.08. The molecule has 7 heteroatoms. The van der Waals surface area contributed by atoms with Gasteiger partial charge in [0.2, 0.25) is 11.8 Å². The molecule has 1 aromatic rings. The lowest BCUT2D eigenvalue weighted by Crippen LogP contribution is -2.52. The number of carbonyl (C=O) groups is 3. The monoisotopic (exact) mass is 382 g/mol. The highest BCUT2D eigenvalue weighted by atomic mass is 16.2. The lowest BCUT2D eigenvalue weighted by Gasteiger charge is -2.38. The molecule has 3 fully saturated rings. The first kappa shape index (κ1) is 17.8. The van der Waals surface area contributed by atoms with E-state index in [-0.39, 0.29) is 24.1 Å². The Balaban J connectivity index is 1.23. The van der Waals surface area contributed by atoms with Crippen molar-refractivity contribution in [3.63, 3.8) is 0 Å². The summed E-state index contributed by atoms with van der Waals surface area (Å²) in [5.41, 5.74) is 3.19. The molecular formula is C21H26N4O3. The van der Waals surface area contributed by atoms with Gasteiger partial charge in [0.1, 0.15) is 6.04 Å². The lowest BCUT2D eigenvalue weighted by molar-refractivity contribution is -0.136. The molecule has 4 aliphatic rings. The average molecular weight is 382 g/mol. The largest absolute Gasteiger partial charge is 0.322 e. The molecule has 3 aliphatic heterocycles. The van der Waals surface area contributed by atoms with Crippen LogP contribution in [0, 0.1) is 0 Å². The Morgan fingerprint density at radius 1 is 1.21 bits per heavy atom. The normalized spacial score (nSPS) is 28.4. The Hall–Kier alpha value is -2.25. The Morgan fingerprint density at radius 3 is 2.79 bits per heavy atom. The molecule has 0 bridgehead atoms.